The zero-order valence-electron chi connectivity index (χ0n) is 11.1. The van der Waals surface area contributed by atoms with Crippen molar-refractivity contribution in [3.05, 3.63) is 21.4 Å². The van der Waals surface area contributed by atoms with E-state index in [-0.39, 0.29) is 11.8 Å². The standard InChI is InChI=1S/C14H18N2O2S/c1-10(17)16-7-4-12-11(9-16)8-13(19-12)14(18)15-5-2-3-6-15/h8H,2-7,9H2,1H3. The summed E-state index contributed by atoms with van der Waals surface area (Å²) in [6.45, 7) is 4.82. The molecule has 0 unspecified atom stereocenters. The second kappa shape index (κ2) is 4.96. The Labute approximate surface area is 117 Å². The highest BCUT2D eigenvalue weighted by Gasteiger charge is 2.25. The molecule has 0 atom stereocenters. The van der Waals surface area contributed by atoms with Crippen molar-refractivity contribution in [1.29, 1.82) is 0 Å². The molecule has 0 aromatic carbocycles. The molecule has 5 heteroatoms. The van der Waals surface area contributed by atoms with Gasteiger partial charge in [0.2, 0.25) is 5.91 Å². The van der Waals surface area contributed by atoms with Crippen LogP contribution < -0.4 is 0 Å². The van der Waals surface area contributed by atoms with E-state index in [2.05, 4.69) is 0 Å². The third-order valence-electron chi connectivity index (χ3n) is 3.92. The number of rotatable bonds is 1. The van der Waals surface area contributed by atoms with Crippen molar-refractivity contribution < 1.29 is 9.59 Å². The molecular formula is C14H18N2O2S. The Morgan fingerprint density at radius 1 is 1.16 bits per heavy atom. The van der Waals surface area contributed by atoms with Gasteiger partial charge in [0.05, 0.1) is 4.88 Å². The fourth-order valence-corrected chi connectivity index (χ4v) is 3.91. The Morgan fingerprint density at radius 2 is 1.89 bits per heavy atom. The number of thiophene rings is 1. The molecule has 0 bridgehead atoms. The van der Waals surface area contributed by atoms with Crippen molar-refractivity contribution in [2.75, 3.05) is 19.6 Å². The maximum atomic E-state index is 12.3. The van der Waals surface area contributed by atoms with Crippen LogP contribution in [0.5, 0.6) is 0 Å². The first-order valence-corrected chi connectivity index (χ1v) is 7.63. The van der Waals surface area contributed by atoms with Gasteiger partial charge in [0.15, 0.2) is 0 Å². The van der Waals surface area contributed by atoms with E-state index in [4.69, 9.17) is 0 Å². The van der Waals surface area contributed by atoms with Gasteiger partial charge in [-0.05, 0) is 30.9 Å². The second-order valence-electron chi connectivity index (χ2n) is 5.25. The molecule has 1 fully saturated rings. The summed E-state index contributed by atoms with van der Waals surface area (Å²) in [5.74, 6) is 0.288. The van der Waals surface area contributed by atoms with E-state index in [1.807, 2.05) is 15.9 Å². The largest absolute Gasteiger partial charge is 0.338 e. The molecule has 0 aliphatic carbocycles. The number of hydrogen-bond acceptors (Lipinski definition) is 3. The molecule has 0 radical (unpaired) electrons. The van der Waals surface area contributed by atoms with Gasteiger partial charge in [-0.25, -0.2) is 0 Å². The lowest BCUT2D eigenvalue weighted by molar-refractivity contribution is -0.129. The molecule has 0 spiro atoms. The zero-order valence-corrected chi connectivity index (χ0v) is 12.0. The van der Waals surface area contributed by atoms with Crippen molar-refractivity contribution in [1.82, 2.24) is 9.80 Å². The topological polar surface area (TPSA) is 40.6 Å². The molecule has 2 aliphatic rings. The van der Waals surface area contributed by atoms with E-state index >= 15 is 0 Å². The van der Waals surface area contributed by atoms with E-state index in [0.717, 1.165) is 49.3 Å². The van der Waals surface area contributed by atoms with Crippen LogP contribution in [0.2, 0.25) is 0 Å². The fourth-order valence-electron chi connectivity index (χ4n) is 2.78. The minimum Gasteiger partial charge on any atom is -0.338 e. The molecule has 0 N–H and O–H groups in total. The Balaban J connectivity index is 1.79. The van der Waals surface area contributed by atoms with Crippen molar-refractivity contribution >= 4 is 23.2 Å². The molecule has 3 rings (SSSR count). The number of fused-ring (bicyclic) bond motifs is 1. The van der Waals surface area contributed by atoms with E-state index in [1.165, 1.54) is 4.88 Å². The summed E-state index contributed by atoms with van der Waals surface area (Å²) in [5, 5.41) is 0. The Morgan fingerprint density at radius 3 is 2.58 bits per heavy atom. The van der Waals surface area contributed by atoms with Gasteiger partial charge < -0.3 is 9.80 Å². The molecule has 4 nitrogen and oxygen atoms in total. The van der Waals surface area contributed by atoms with Crippen LogP contribution in [0.25, 0.3) is 0 Å². The highest BCUT2D eigenvalue weighted by molar-refractivity contribution is 7.14. The summed E-state index contributed by atoms with van der Waals surface area (Å²) in [4.78, 5) is 29.7. The lowest BCUT2D eigenvalue weighted by atomic mass is 10.1. The minimum atomic E-state index is 0.115. The van der Waals surface area contributed by atoms with E-state index in [0.29, 0.717) is 6.54 Å². The molecule has 1 aromatic heterocycles. The van der Waals surface area contributed by atoms with Gasteiger partial charge in [-0.2, -0.15) is 0 Å². The van der Waals surface area contributed by atoms with Crippen LogP contribution in [0.3, 0.4) is 0 Å². The number of carbonyl (C=O) groups is 2. The van der Waals surface area contributed by atoms with Crippen LogP contribution in [0.1, 0.15) is 39.9 Å². The maximum Gasteiger partial charge on any atom is 0.263 e. The monoisotopic (exact) mass is 278 g/mol. The van der Waals surface area contributed by atoms with Crippen molar-refractivity contribution in [2.45, 2.75) is 32.7 Å². The maximum absolute atomic E-state index is 12.3. The first-order chi connectivity index (χ1) is 9.15. The number of nitrogens with zero attached hydrogens (tertiary/aromatic N) is 2. The van der Waals surface area contributed by atoms with Crippen LogP contribution in [0, 0.1) is 0 Å². The molecule has 1 saturated heterocycles. The Bertz CT molecular complexity index is 518. The third-order valence-corrected chi connectivity index (χ3v) is 5.14. The van der Waals surface area contributed by atoms with E-state index in [9.17, 15) is 9.59 Å². The van der Waals surface area contributed by atoms with Gasteiger partial charge in [-0.3, -0.25) is 9.59 Å². The highest BCUT2D eigenvalue weighted by atomic mass is 32.1. The van der Waals surface area contributed by atoms with Crippen molar-refractivity contribution in [3.8, 4) is 0 Å². The fraction of sp³-hybridized carbons (Fsp3) is 0.571. The average Bonchev–Trinajstić information content (AvgIpc) is 3.06. The quantitative estimate of drug-likeness (QED) is 0.787. The lowest BCUT2D eigenvalue weighted by Gasteiger charge is -2.25. The van der Waals surface area contributed by atoms with Gasteiger partial charge in [0, 0.05) is 38.0 Å². The lowest BCUT2D eigenvalue weighted by Crippen LogP contribution is -2.33. The van der Waals surface area contributed by atoms with E-state index in [1.54, 1.807) is 18.3 Å². The van der Waals surface area contributed by atoms with Crippen LogP contribution in [-0.2, 0) is 17.8 Å². The highest BCUT2D eigenvalue weighted by Crippen LogP contribution is 2.29. The van der Waals surface area contributed by atoms with Gasteiger partial charge in [-0.1, -0.05) is 0 Å². The molecule has 2 aliphatic heterocycles. The predicted octanol–water partition coefficient (Wildman–Crippen LogP) is 1.89. The summed E-state index contributed by atoms with van der Waals surface area (Å²) in [6.07, 6.45) is 3.12. The molecule has 19 heavy (non-hydrogen) atoms. The molecule has 102 valence electrons. The summed E-state index contributed by atoms with van der Waals surface area (Å²) in [5.41, 5.74) is 1.16. The van der Waals surface area contributed by atoms with E-state index < -0.39 is 0 Å². The average molecular weight is 278 g/mol. The number of amides is 2. The first kappa shape index (κ1) is 12.7. The molecule has 3 heterocycles. The molecule has 0 saturated carbocycles. The Hall–Kier alpha value is -1.36. The van der Waals surface area contributed by atoms with Crippen molar-refractivity contribution in [2.24, 2.45) is 0 Å². The van der Waals surface area contributed by atoms with Gasteiger partial charge in [0.1, 0.15) is 0 Å². The normalized spacial score (nSPS) is 18.6. The predicted molar refractivity (Wildman–Crippen MR) is 74.3 cm³/mol. The summed E-state index contributed by atoms with van der Waals surface area (Å²) < 4.78 is 0. The smallest absolute Gasteiger partial charge is 0.263 e. The third kappa shape index (κ3) is 2.39. The Kier molecular flexibility index (Phi) is 3.31. The molecular weight excluding hydrogens is 260 g/mol. The molecule has 1 aromatic rings. The SMILES string of the molecule is CC(=O)N1CCc2sc(C(=O)N3CCCC3)cc2C1. The van der Waals surface area contributed by atoms with Gasteiger partial charge in [0.25, 0.3) is 5.91 Å². The summed E-state index contributed by atoms with van der Waals surface area (Å²) in [7, 11) is 0. The second-order valence-corrected chi connectivity index (χ2v) is 6.39. The van der Waals surface area contributed by atoms with Gasteiger partial charge in [-0.15, -0.1) is 11.3 Å². The van der Waals surface area contributed by atoms with Crippen LogP contribution in [0.15, 0.2) is 6.07 Å². The van der Waals surface area contributed by atoms with Crippen LogP contribution in [0.4, 0.5) is 0 Å². The van der Waals surface area contributed by atoms with Gasteiger partial charge >= 0.3 is 0 Å². The van der Waals surface area contributed by atoms with Crippen LogP contribution in [-0.4, -0.2) is 41.2 Å². The number of carbonyl (C=O) groups excluding carboxylic acids is 2. The summed E-state index contributed by atoms with van der Waals surface area (Å²) >= 11 is 1.61. The first-order valence-electron chi connectivity index (χ1n) is 6.81. The molecule has 2 amide bonds. The zero-order chi connectivity index (χ0) is 13.4. The van der Waals surface area contributed by atoms with Crippen molar-refractivity contribution in [3.63, 3.8) is 0 Å². The minimum absolute atomic E-state index is 0.115. The number of hydrogen-bond donors (Lipinski definition) is 0. The summed E-state index contributed by atoms with van der Waals surface area (Å²) in [6, 6.07) is 2.00. The number of likely N-dealkylation sites (tertiary alicyclic amines) is 1. The van der Waals surface area contributed by atoms with Crippen LogP contribution >= 0.6 is 11.3 Å².